The summed E-state index contributed by atoms with van der Waals surface area (Å²) < 4.78 is 0.997. The van der Waals surface area contributed by atoms with Crippen LogP contribution in [0.15, 0.2) is 42.5 Å². The smallest absolute Gasteiger partial charge is 0.182 e. The van der Waals surface area contributed by atoms with Crippen LogP contribution in [-0.2, 0) is 0 Å². The van der Waals surface area contributed by atoms with Crippen LogP contribution in [0, 0.1) is 5.21 Å². The monoisotopic (exact) mass is 227 g/mol. The van der Waals surface area contributed by atoms with E-state index in [4.69, 9.17) is 0 Å². The van der Waals surface area contributed by atoms with E-state index in [1.54, 1.807) is 6.21 Å². The van der Waals surface area contributed by atoms with E-state index < -0.39 is 5.54 Å². The van der Waals surface area contributed by atoms with E-state index in [1.807, 2.05) is 51.1 Å². The molecule has 0 saturated heterocycles. The molecule has 0 N–H and O–H groups in total. The predicted molar refractivity (Wildman–Crippen MR) is 72.5 cm³/mol. The highest BCUT2D eigenvalue weighted by Crippen LogP contribution is 2.15. The molecule has 0 aliphatic carbocycles. The molecular weight excluding hydrogens is 210 g/mol. The summed E-state index contributed by atoms with van der Waals surface area (Å²) in [5, 5.41) is 14.2. The number of rotatable bonds is 1. The van der Waals surface area contributed by atoms with E-state index in [0.29, 0.717) is 0 Å². The fourth-order valence-electron chi connectivity index (χ4n) is 1.62. The molecule has 2 aromatic rings. The van der Waals surface area contributed by atoms with Crippen LogP contribution < -0.4 is 0 Å². The van der Waals surface area contributed by atoms with E-state index in [1.165, 1.54) is 5.39 Å². The van der Waals surface area contributed by atoms with E-state index >= 15 is 0 Å². The van der Waals surface area contributed by atoms with Crippen molar-refractivity contribution < 1.29 is 4.74 Å². The van der Waals surface area contributed by atoms with Crippen molar-refractivity contribution in [3.63, 3.8) is 0 Å². The average Bonchev–Trinajstić information content (AvgIpc) is 2.27. The van der Waals surface area contributed by atoms with Crippen LogP contribution in [0.4, 0.5) is 0 Å². The second-order valence-electron chi connectivity index (χ2n) is 5.23. The summed E-state index contributed by atoms with van der Waals surface area (Å²) in [6.07, 6.45) is 1.65. The van der Waals surface area contributed by atoms with Gasteiger partial charge in [0.25, 0.3) is 0 Å². The first kappa shape index (κ1) is 11.6. The molecule has 0 atom stereocenters. The number of nitrogens with zero attached hydrogens (tertiary/aromatic N) is 1. The van der Waals surface area contributed by atoms with Crippen LogP contribution in [0.5, 0.6) is 0 Å². The van der Waals surface area contributed by atoms with Crippen molar-refractivity contribution in [1.29, 1.82) is 0 Å². The van der Waals surface area contributed by atoms with Crippen molar-refractivity contribution in [2.24, 2.45) is 0 Å². The zero-order chi connectivity index (χ0) is 12.5. The van der Waals surface area contributed by atoms with Crippen molar-refractivity contribution in [2.75, 3.05) is 0 Å². The third kappa shape index (κ3) is 2.64. The summed E-state index contributed by atoms with van der Waals surface area (Å²) >= 11 is 0. The predicted octanol–water partition coefficient (Wildman–Crippen LogP) is 3.57. The molecule has 2 aromatic carbocycles. The Morgan fingerprint density at radius 1 is 1.00 bits per heavy atom. The lowest BCUT2D eigenvalue weighted by Gasteiger charge is -2.18. The Hall–Kier alpha value is -1.83. The highest BCUT2D eigenvalue weighted by Gasteiger charge is 2.17. The third-order valence-corrected chi connectivity index (χ3v) is 2.70. The van der Waals surface area contributed by atoms with Crippen molar-refractivity contribution in [3.05, 3.63) is 53.2 Å². The summed E-state index contributed by atoms with van der Waals surface area (Å²) in [7, 11) is 0. The average molecular weight is 227 g/mol. The molecule has 0 radical (unpaired) electrons. The molecule has 0 aliphatic heterocycles. The van der Waals surface area contributed by atoms with Gasteiger partial charge in [0.1, 0.15) is 0 Å². The SMILES string of the molecule is CC(C)(C)/[N+]([O-])=C/c1ccc2ccccc2c1. The Labute approximate surface area is 102 Å². The van der Waals surface area contributed by atoms with E-state index in [2.05, 4.69) is 12.1 Å². The number of hydroxylamine groups is 1. The zero-order valence-corrected chi connectivity index (χ0v) is 10.5. The van der Waals surface area contributed by atoms with Gasteiger partial charge in [-0.2, -0.15) is 0 Å². The van der Waals surface area contributed by atoms with Crippen molar-refractivity contribution in [3.8, 4) is 0 Å². The van der Waals surface area contributed by atoms with Crippen LogP contribution in [0.3, 0.4) is 0 Å². The number of hydrogen-bond donors (Lipinski definition) is 0. The maximum atomic E-state index is 11.8. The summed E-state index contributed by atoms with van der Waals surface area (Å²) in [5.41, 5.74) is 0.541. The van der Waals surface area contributed by atoms with Crippen molar-refractivity contribution in [2.45, 2.75) is 26.3 Å². The van der Waals surface area contributed by atoms with Crippen LogP contribution >= 0.6 is 0 Å². The van der Waals surface area contributed by atoms with Crippen molar-refractivity contribution in [1.82, 2.24) is 0 Å². The van der Waals surface area contributed by atoms with Gasteiger partial charge in [-0.25, -0.2) is 4.74 Å². The minimum Gasteiger partial charge on any atom is -0.623 e. The standard InChI is InChI=1S/C15H17NO/c1-15(2,3)16(17)11-12-8-9-13-6-4-5-7-14(13)10-12/h4-11H,1-3H3/b16-11-. The maximum Gasteiger partial charge on any atom is 0.182 e. The van der Waals surface area contributed by atoms with Gasteiger partial charge >= 0.3 is 0 Å². The molecule has 0 fully saturated rings. The second kappa shape index (κ2) is 4.21. The van der Waals surface area contributed by atoms with Gasteiger partial charge in [-0.3, -0.25) is 0 Å². The molecule has 0 aromatic heterocycles. The Morgan fingerprint density at radius 3 is 2.29 bits per heavy atom. The lowest BCUT2D eigenvalue weighted by atomic mass is 10.1. The van der Waals surface area contributed by atoms with Gasteiger partial charge in [-0.1, -0.05) is 30.3 Å². The highest BCUT2D eigenvalue weighted by atomic mass is 16.5. The van der Waals surface area contributed by atoms with E-state index in [0.717, 1.165) is 15.7 Å². The lowest BCUT2D eigenvalue weighted by Crippen LogP contribution is -2.29. The third-order valence-electron chi connectivity index (χ3n) is 2.70. The van der Waals surface area contributed by atoms with Gasteiger partial charge in [0.05, 0.1) is 0 Å². The Kier molecular flexibility index (Phi) is 2.88. The number of hydrogen-bond acceptors (Lipinski definition) is 1. The van der Waals surface area contributed by atoms with Gasteiger partial charge in [0.2, 0.25) is 0 Å². The molecule has 0 bridgehead atoms. The quantitative estimate of drug-likeness (QED) is 0.316. The Balaban J connectivity index is 2.44. The van der Waals surface area contributed by atoms with E-state index in [-0.39, 0.29) is 0 Å². The van der Waals surface area contributed by atoms with E-state index in [9.17, 15) is 5.21 Å². The summed E-state index contributed by atoms with van der Waals surface area (Å²) in [6, 6.07) is 14.2. The van der Waals surface area contributed by atoms with Crippen LogP contribution in [0.1, 0.15) is 26.3 Å². The molecule has 88 valence electrons. The fraction of sp³-hybridized carbons (Fsp3) is 0.267. The first-order valence-electron chi connectivity index (χ1n) is 5.77. The minimum absolute atomic E-state index is 0.397. The molecule has 0 amide bonds. The summed E-state index contributed by atoms with van der Waals surface area (Å²) in [5.74, 6) is 0. The molecule has 0 spiro atoms. The van der Waals surface area contributed by atoms with Gasteiger partial charge in [0.15, 0.2) is 11.8 Å². The fourth-order valence-corrected chi connectivity index (χ4v) is 1.62. The van der Waals surface area contributed by atoms with Crippen LogP contribution in [-0.4, -0.2) is 16.5 Å². The van der Waals surface area contributed by atoms with Crippen molar-refractivity contribution >= 4 is 17.0 Å². The highest BCUT2D eigenvalue weighted by molar-refractivity contribution is 5.89. The van der Waals surface area contributed by atoms with Gasteiger partial charge in [-0.05, 0) is 22.9 Å². The largest absolute Gasteiger partial charge is 0.623 e. The normalized spacial score (nSPS) is 13.0. The maximum absolute atomic E-state index is 11.8. The molecular formula is C15H17NO. The zero-order valence-electron chi connectivity index (χ0n) is 10.5. The summed E-state index contributed by atoms with van der Waals surface area (Å²) in [6.45, 7) is 5.70. The molecule has 0 aliphatic rings. The molecule has 2 nitrogen and oxygen atoms in total. The van der Waals surface area contributed by atoms with Crippen LogP contribution in [0.2, 0.25) is 0 Å². The molecule has 17 heavy (non-hydrogen) atoms. The van der Waals surface area contributed by atoms with Crippen LogP contribution in [0.25, 0.3) is 10.8 Å². The van der Waals surface area contributed by atoms with Gasteiger partial charge in [-0.15, -0.1) is 0 Å². The number of fused-ring (bicyclic) bond motifs is 1. The summed E-state index contributed by atoms with van der Waals surface area (Å²) in [4.78, 5) is 0. The first-order valence-corrected chi connectivity index (χ1v) is 5.77. The Morgan fingerprint density at radius 2 is 1.65 bits per heavy atom. The van der Waals surface area contributed by atoms with Gasteiger partial charge < -0.3 is 5.21 Å². The lowest BCUT2D eigenvalue weighted by molar-refractivity contribution is -0.530. The van der Waals surface area contributed by atoms with Gasteiger partial charge in [0, 0.05) is 26.3 Å². The molecule has 2 rings (SSSR count). The molecule has 0 saturated carbocycles. The first-order chi connectivity index (χ1) is 7.97. The number of benzene rings is 2. The topological polar surface area (TPSA) is 26.1 Å². The Bertz CT molecular complexity index is 564. The molecule has 0 heterocycles. The molecule has 0 unspecified atom stereocenters. The second-order valence-corrected chi connectivity index (χ2v) is 5.23. The minimum atomic E-state index is -0.397. The molecule has 2 heteroatoms.